The first-order valence-electron chi connectivity index (χ1n) is 10.4. The number of anilines is 1. The van der Waals surface area contributed by atoms with E-state index < -0.39 is 9.84 Å². The Morgan fingerprint density at radius 1 is 1.00 bits per heavy atom. The van der Waals surface area contributed by atoms with Crippen molar-refractivity contribution in [2.75, 3.05) is 5.32 Å². The van der Waals surface area contributed by atoms with E-state index in [0.29, 0.717) is 16.0 Å². The molecule has 0 saturated carbocycles. The quantitative estimate of drug-likeness (QED) is 0.367. The minimum Gasteiger partial charge on any atom is -0.337 e. The highest BCUT2D eigenvalue weighted by atomic mass is 32.2. The summed E-state index contributed by atoms with van der Waals surface area (Å²) < 4.78 is 29.1. The van der Waals surface area contributed by atoms with Crippen LogP contribution in [0.5, 0.6) is 0 Å². The molecule has 0 unspecified atom stereocenters. The van der Waals surface area contributed by atoms with Gasteiger partial charge in [0.25, 0.3) is 0 Å². The molecule has 166 valence electrons. The van der Waals surface area contributed by atoms with Gasteiger partial charge in [-0.05, 0) is 30.2 Å². The lowest BCUT2D eigenvalue weighted by Gasteiger charge is -2.05. The number of sulfone groups is 1. The van der Waals surface area contributed by atoms with Crippen LogP contribution in [0.2, 0.25) is 0 Å². The number of hydrogen-bond donors (Lipinski definition) is 1. The molecule has 1 N–H and O–H groups in total. The van der Waals surface area contributed by atoms with E-state index in [-0.39, 0.29) is 23.1 Å². The third kappa shape index (κ3) is 4.27. The van der Waals surface area contributed by atoms with Crippen molar-refractivity contribution in [3.8, 4) is 0 Å². The highest BCUT2D eigenvalue weighted by Crippen LogP contribution is 2.30. The number of aromatic nitrogens is 2. The normalized spacial score (nSPS) is 11.8. The average molecular weight is 476 g/mol. The summed E-state index contributed by atoms with van der Waals surface area (Å²) in [6.45, 7) is 1.97. The van der Waals surface area contributed by atoms with Gasteiger partial charge >= 0.3 is 0 Å². The van der Waals surface area contributed by atoms with Crippen molar-refractivity contribution < 1.29 is 13.2 Å². The predicted molar refractivity (Wildman–Crippen MR) is 132 cm³/mol. The van der Waals surface area contributed by atoms with Crippen LogP contribution in [-0.2, 0) is 26.9 Å². The number of thiazole rings is 1. The summed E-state index contributed by atoms with van der Waals surface area (Å²) in [5, 5.41) is 3.99. The molecule has 0 aliphatic heterocycles. The van der Waals surface area contributed by atoms with Crippen LogP contribution in [0.4, 0.5) is 5.13 Å². The summed E-state index contributed by atoms with van der Waals surface area (Å²) in [7, 11) is -3.60. The zero-order chi connectivity index (χ0) is 23.0. The van der Waals surface area contributed by atoms with E-state index in [2.05, 4.69) is 10.3 Å². The molecule has 0 radical (unpaired) electrons. The number of fused-ring (bicyclic) bond motifs is 2. The molecule has 5 aromatic rings. The van der Waals surface area contributed by atoms with Gasteiger partial charge < -0.3 is 9.88 Å². The molecule has 6 nitrogen and oxygen atoms in total. The molecule has 0 fully saturated rings. The molecule has 0 bridgehead atoms. The molecule has 1 amide bonds. The first-order valence-corrected chi connectivity index (χ1v) is 12.9. The Hall–Kier alpha value is -3.49. The van der Waals surface area contributed by atoms with Crippen molar-refractivity contribution in [3.63, 3.8) is 0 Å². The summed E-state index contributed by atoms with van der Waals surface area (Å²) in [5.41, 5.74) is 3.34. The summed E-state index contributed by atoms with van der Waals surface area (Å²) >= 11 is 1.42. The van der Waals surface area contributed by atoms with Gasteiger partial charge in [0.15, 0.2) is 15.0 Å². The van der Waals surface area contributed by atoms with Crippen molar-refractivity contribution in [2.45, 2.75) is 24.1 Å². The van der Waals surface area contributed by atoms with Crippen LogP contribution in [0, 0.1) is 6.92 Å². The molecular weight excluding hydrogens is 454 g/mol. The van der Waals surface area contributed by atoms with Crippen molar-refractivity contribution >= 4 is 53.3 Å². The van der Waals surface area contributed by atoms with Crippen LogP contribution in [-0.4, -0.2) is 23.9 Å². The van der Waals surface area contributed by atoms with Crippen LogP contribution in [0.25, 0.3) is 21.1 Å². The summed E-state index contributed by atoms with van der Waals surface area (Å²) in [6.07, 6.45) is 1.56. The fourth-order valence-corrected chi connectivity index (χ4v) is 6.46. The second-order valence-electron chi connectivity index (χ2n) is 7.87. The molecule has 3 aromatic carbocycles. The minimum absolute atomic E-state index is 0.0176. The second kappa shape index (κ2) is 8.46. The summed E-state index contributed by atoms with van der Waals surface area (Å²) in [5.74, 6) is -0.362. The fraction of sp³-hybridized carbons (Fsp3) is 0.120. The number of rotatable bonds is 6. The van der Waals surface area contributed by atoms with Crippen LogP contribution in [0.15, 0.2) is 83.9 Å². The Bertz CT molecular complexity index is 1590. The van der Waals surface area contributed by atoms with Crippen LogP contribution in [0.1, 0.15) is 11.1 Å². The lowest BCUT2D eigenvalue weighted by atomic mass is 10.2. The maximum atomic E-state index is 13.2. The van der Waals surface area contributed by atoms with Gasteiger partial charge in [0.2, 0.25) is 5.91 Å². The Morgan fingerprint density at radius 3 is 2.55 bits per heavy atom. The van der Waals surface area contributed by atoms with E-state index in [1.54, 1.807) is 35.0 Å². The molecule has 0 aliphatic carbocycles. The minimum atomic E-state index is -3.60. The highest BCUT2D eigenvalue weighted by molar-refractivity contribution is 7.90. The number of nitrogens with zero attached hydrogens (tertiary/aromatic N) is 2. The second-order valence-corrected chi connectivity index (χ2v) is 10.9. The number of hydrogen-bond acceptors (Lipinski definition) is 5. The van der Waals surface area contributed by atoms with E-state index in [1.807, 2.05) is 55.5 Å². The standard InChI is InChI=1S/C25H21N3O3S2/c1-17-8-7-13-21-24(17)27-25(32-21)26-23(29)15-28-14-22(19-11-5-6-12-20(19)28)33(30,31)16-18-9-3-2-4-10-18/h2-14H,15-16H2,1H3,(H,26,27,29). The zero-order valence-electron chi connectivity index (χ0n) is 17.9. The Balaban J connectivity index is 1.43. The molecule has 2 heterocycles. The molecule has 8 heteroatoms. The van der Waals surface area contributed by atoms with E-state index in [1.165, 1.54) is 11.3 Å². The number of nitrogens with one attached hydrogen (secondary N) is 1. The number of carbonyl (C=O) groups excluding carboxylic acids is 1. The molecule has 2 aromatic heterocycles. The first kappa shape index (κ1) is 21.4. The van der Waals surface area contributed by atoms with Gasteiger partial charge in [-0.2, -0.15) is 0 Å². The molecule has 0 saturated heterocycles. The predicted octanol–water partition coefficient (Wildman–Crippen LogP) is 5.17. The molecule has 0 spiro atoms. The van der Waals surface area contributed by atoms with Crippen LogP contribution < -0.4 is 5.32 Å². The maximum Gasteiger partial charge on any atom is 0.246 e. The first-order chi connectivity index (χ1) is 15.9. The third-order valence-electron chi connectivity index (χ3n) is 5.47. The van der Waals surface area contributed by atoms with Crippen LogP contribution >= 0.6 is 11.3 Å². The van der Waals surface area contributed by atoms with Crippen molar-refractivity contribution in [1.29, 1.82) is 0 Å². The number of aryl methyl sites for hydroxylation is 1. The summed E-state index contributed by atoms with van der Waals surface area (Å²) in [6, 6.07) is 22.2. The third-order valence-corrected chi connectivity index (χ3v) is 8.11. The van der Waals surface area contributed by atoms with E-state index in [9.17, 15) is 13.2 Å². The topological polar surface area (TPSA) is 81.1 Å². The lowest BCUT2D eigenvalue weighted by Crippen LogP contribution is -2.18. The Morgan fingerprint density at radius 2 is 1.76 bits per heavy atom. The lowest BCUT2D eigenvalue weighted by molar-refractivity contribution is -0.116. The van der Waals surface area contributed by atoms with Gasteiger partial charge in [0.05, 0.1) is 20.9 Å². The molecule has 0 atom stereocenters. The van der Waals surface area contributed by atoms with Gasteiger partial charge in [0, 0.05) is 17.1 Å². The van der Waals surface area contributed by atoms with Gasteiger partial charge in [-0.25, -0.2) is 13.4 Å². The van der Waals surface area contributed by atoms with Gasteiger partial charge in [-0.1, -0.05) is 72.0 Å². The number of benzene rings is 3. The SMILES string of the molecule is Cc1cccc2sc(NC(=O)Cn3cc(S(=O)(=O)Cc4ccccc4)c4ccccc43)nc12. The molecule has 0 aliphatic rings. The van der Waals surface area contributed by atoms with Crippen molar-refractivity contribution in [1.82, 2.24) is 9.55 Å². The maximum absolute atomic E-state index is 13.2. The smallest absolute Gasteiger partial charge is 0.246 e. The van der Waals surface area contributed by atoms with E-state index >= 15 is 0 Å². The Kier molecular flexibility index (Phi) is 5.47. The zero-order valence-corrected chi connectivity index (χ0v) is 19.5. The van der Waals surface area contributed by atoms with Gasteiger partial charge in [-0.3, -0.25) is 4.79 Å². The fourth-order valence-electron chi connectivity index (χ4n) is 3.92. The van der Waals surface area contributed by atoms with Crippen LogP contribution in [0.3, 0.4) is 0 Å². The number of carbonyl (C=O) groups is 1. The van der Waals surface area contributed by atoms with Crippen molar-refractivity contribution in [3.05, 3.63) is 90.1 Å². The Labute approximate surface area is 195 Å². The number of para-hydroxylation sites is 2. The van der Waals surface area contributed by atoms with Gasteiger partial charge in [0.1, 0.15) is 6.54 Å². The van der Waals surface area contributed by atoms with E-state index in [4.69, 9.17) is 0 Å². The highest BCUT2D eigenvalue weighted by Gasteiger charge is 2.22. The monoisotopic (exact) mass is 475 g/mol. The molecular formula is C25H21N3O3S2. The average Bonchev–Trinajstić information content (AvgIpc) is 3.37. The van der Waals surface area contributed by atoms with Crippen molar-refractivity contribution in [2.24, 2.45) is 0 Å². The number of amides is 1. The molecule has 33 heavy (non-hydrogen) atoms. The van der Waals surface area contributed by atoms with Gasteiger partial charge in [-0.15, -0.1) is 0 Å². The largest absolute Gasteiger partial charge is 0.337 e. The summed E-state index contributed by atoms with van der Waals surface area (Å²) in [4.78, 5) is 17.6. The van der Waals surface area contributed by atoms with E-state index in [0.717, 1.165) is 21.3 Å². The molecule has 5 rings (SSSR count).